The molecule has 8 atom stereocenters. The molecule has 0 aliphatic heterocycles. The van der Waals surface area contributed by atoms with Gasteiger partial charge >= 0.3 is 0 Å². The van der Waals surface area contributed by atoms with E-state index in [9.17, 15) is 0 Å². The van der Waals surface area contributed by atoms with Crippen LogP contribution in [0.4, 0.5) is 0 Å². The summed E-state index contributed by atoms with van der Waals surface area (Å²) in [4.78, 5) is 9.95. The first-order valence-electron chi connectivity index (χ1n) is 15.8. The van der Waals surface area contributed by atoms with Gasteiger partial charge in [-0.1, -0.05) is 65.5 Å². The minimum Gasteiger partial charge on any atom is -0.236 e. The molecule has 0 unspecified atom stereocenters. The standard InChI is InChI=1S/C35H49ClN2/c1-22(2)7-6-8-23(3)29-15-16-30-28-14-11-26-19-32-25(20-35(26,5)31(28)17-18-34(29,30)4)21-37-33(38-32)24-9-12-27(36)13-10-24/h9-10,12-13,21-23,26,28-31H,6-8,11,14-20H2,1-5H3/t23-,26+,28+,29-,30+,31+,34-,35+/m1/s1. The van der Waals surface area contributed by atoms with Gasteiger partial charge in [-0.3, -0.25) is 0 Å². The zero-order valence-electron chi connectivity index (χ0n) is 24.5. The van der Waals surface area contributed by atoms with Gasteiger partial charge in [-0.2, -0.15) is 0 Å². The van der Waals surface area contributed by atoms with Crippen molar-refractivity contribution in [1.29, 1.82) is 0 Å². The lowest BCUT2D eigenvalue weighted by Gasteiger charge is -2.60. The van der Waals surface area contributed by atoms with Crippen LogP contribution in [0.2, 0.25) is 5.02 Å². The Morgan fingerprint density at radius 2 is 1.68 bits per heavy atom. The Hall–Kier alpha value is -1.41. The summed E-state index contributed by atoms with van der Waals surface area (Å²) < 4.78 is 0. The van der Waals surface area contributed by atoms with E-state index in [0.717, 1.165) is 64.3 Å². The van der Waals surface area contributed by atoms with Gasteiger partial charge < -0.3 is 0 Å². The summed E-state index contributed by atoms with van der Waals surface area (Å²) in [6.45, 7) is 12.7. The molecular formula is C35H49ClN2. The second-order valence-corrected chi connectivity index (χ2v) is 15.2. The number of halogens is 1. The van der Waals surface area contributed by atoms with Gasteiger partial charge in [0.05, 0.1) is 0 Å². The smallest absolute Gasteiger partial charge is 0.159 e. The van der Waals surface area contributed by atoms with Gasteiger partial charge in [-0.25, -0.2) is 9.97 Å². The Kier molecular flexibility index (Phi) is 7.20. The first kappa shape index (κ1) is 26.8. The van der Waals surface area contributed by atoms with Gasteiger partial charge in [0.2, 0.25) is 0 Å². The number of aromatic nitrogens is 2. The molecule has 0 spiro atoms. The SMILES string of the molecule is CC(C)CCC[C@@H](C)[C@H]1CC[C@H]2[C@@H]3CC[C@H]4Cc5nc(-c6ccc(Cl)cc6)ncc5C[C@]4(C)[C@H]3CC[C@]12C. The molecular weight excluding hydrogens is 484 g/mol. The maximum atomic E-state index is 6.12. The number of benzene rings is 1. The average Bonchev–Trinajstić information content (AvgIpc) is 3.24. The summed E-state index contributed by atoms with van der Waals surface area (Å²) in [5.74, 6) is 7.04. The summed E-state index contributed by atoms with van der Waals surface area (Å²) in [6, 6.07) is 7.96. The van der Waals surface area contributed by atoms with Crippen LogP contribution in [0.5, 0.6) is 0 Å². The Morgan fingerprint density at radius 3 is 2.45 bits per heavy atom. The van der Waals surface area contributed by atoms with E-state index in [1.54, 1.807) is 0 Å². The van der Waals surface area contributed by atoms with Gasteiger partial charge in [0.25, 0.3) is 0 Å². The van der Waals surface area contributed by atoms with E-state index in [-0.39, 0.29) is 0 Å². The van der Waals surface area contributed by atoms with Crippen molar-refractivity contribution in [1.82, 2.24) is 9.97 Å². The third-order valence-electron chi connectivity index (χ3n) is 12.3. The number of nitrogens with zero attached hydrogens (tertiary/aromatic N) is 2. The molecule has 6 rings (SSSR count). The molecule has 1 heterocycles. The first-order chi connectivity index (χ1) is 18.2. The van der Waals surface area contributed by atoms with E-state index >= 15 is 0 Å². The van der Waals surface area contributed by atoms with E-state index in [1.165, 1.54) is 75.5 Å². The summed E-state index contributed by atoms with van der Waals surface area (Å²) >= 11 is 6.12. The van der Waals surface area contributed by atoms with Crippen molar-refractivity contribution in [2.24, 2.45) is 52.3 Å². The Morgan fingerprint density at radius 1 is 0.921 bits per heavy atom. The monoisotopic (exact) mass is 532 g/mol. The van der Waals surface area contributed by atoms with Crippen molar-refractivity contribution in [3.05, 3.63) is 46.7 Å². The highest BCUT2D eigenvalue weighted by molar-refractivity contribution is 6.30. The van der Waals surface area contributed by atoms with Gasteiger partial charge in [0, 0.05) is 22.5 Å². The summed E-state index contributed by atoms with van der Waals surface area (Å²) in [6.07, 6.45) is 17.4. The van der Waals surface area contributed by atoms with E-state index in [2.05, 4.69) is 40.8 Å². The molecule has 2 nitrogen and oxygen atoms in total. The molecule has 0 radical (unpaired) electrons. The third kappa shape index (κ3) is 4.55. The summed E-state index contributed by atoms with van der Waals surface area (Å²) in [7, 11) is 0. The van der Waals surface area contributed by atoms with Crippen molar-refractivity contribution in [2.45, 2.75) is 105 Å². The van der Waals surface area contributed by atoms with Crippen LogP contribution in [0, 0.1) is 52.3 Å². The quantitative estimate of drug-likeness (QED) is 0.370. The summed E-state index contributed by atoms with van der Waals surface area (Å²) in [5, 5.41) is 0.761. The third-order valence-corrected chi connectivity index (χ3v) is 12.6. The van der Waals surface area contributed by atoms with Crippen LogP contribution in [0.25, 0.3) is 11.4 Å². The molecule has 3 saturated carbocycles. The van der Waals surface area contributed by atoms with Crippen LogP contribution < -0.4 is 0 Å². The Bertz CT molecular complexity index is 1140. The maximum absolute atomic E-state index is 6.12. The molecule has 3 heteroatoms. The predicted octanol–water partition coefficient (Wildman–Crippen LogP) is 9.83. The fourth-order valence-corrected chi connectivity index (χ4v) is 10.4. The minimum atomic E-state index is 0.406. The van der Waals surface area contributed by atoms with E-state index in [0.29, 0.717) is 10.8 Å². The van der Waals surface area contributed by atoms with Crippen LogP contribution in [-0.2, 0) is 12.8 Å². The molecule has 3 fully saturated rings. The topological polar surface area (TPSA) is 25.8 Å². The highest BCUT2D eigenvalue weighted by Gasteiger charge is 2.60. The molecule has 2 aromatic rings. The molecule has 4 aliphatic carbocycles. The maximum Gasteiger partial charge on any atom is 0.159 e. The minimum absolute atomic E-state index is 0.406. The van der Waals surface area contributed by atoms with Crippen molar-refractivity contribution in [3.63, 3.8) is 0 Å². The molecule has 206 valence electrons. The zero-order valence-corrected chi connectivity index (χ0v) is 25.2. The number of fused-ring (bicyclic) bond motifs is 6. The van der Waals surface area contributed by atoms with Crippen LogP contribution in [0.3, 0.4) is 0 Å². The predicted molar refractivity (Wildman–Crippen MR) is 159 cm³/mol. The fourth-order valence-electron chi connectivity index (χ4n) is 10.3. The van der Waals surface area contributed by atoms with Crippen LogP contribution in [0.15, 0.2) is 30.5 Å². The molecule has 38 heavy (non-hydrogen) atoms. The second-order valence-electron chi connectivity index (χ2n) is 14.7. The highest BCUT2D eigenvalue weighted by Crippen LogP contribution is 2.68. The van der Waals surface area contributed by atoms with Crippen molar-refractivity contribution < 1.29 is 0 Å². The van der Waals surface area contributed by atoms with Crippen LogP contribution in [-0.4, -0.2) is 9.97 Å². The van der Waals surface area contributed by atoms with Crippen LogP contribution >= 0.6 is 11.6 Å². The van der Waals surface area contributed by atoms with Gasteiger partial charge in [0.1, 0.15) is 0 Å². The Labute approximate surface area is 236 Å². The molecule has 1 aromatic heterocycles. The molecule has 0 amide bonds. The molecule has 0 bridgehead atoms. The second kappa shape index (κ2) is 10.2. The average molecular weight is 533 g/mol. The van der Waals surface area contributed by atoms with Gasteiger partial charge in [-0.05, 0) is 133 Å². The highest BCUT2D eigenvalue weighted by atomic mass is 35.5. The fraction of sp³-hybridized carbons (Fsp3) is 0.714. The van der Waals surface area contributed by atoms with Gasteiger partial charge in [0.15, 0.2) is 5.82 Å². The number of hydrogen-bond acceptors (Lipinski definition) is 2. The first-order valence-corrected chi connectivity index (χ1v) is 16.2. The molecule has 4 aliphatic rings. The lowest BCUT2D eigenvalue weighted by molar-refractivity contribution is -0.103. The van der Waals surface area contributed by atoms with Crippen LogP contribution in [0.1, 0.15) is 104 Å². The lowest BCUT2D eigenvalue weighted by atomic mass is 9.44. The van der Waals surface area contributed by atoms with E-state index < -0.39 is 0 Å². The van der Waals surface area contributed by atoms with E-state index in [4.69, 9.17) is 21.6 Å². The summed E-state index contributed by atoms with van der Waals surface area (Å²) in [5.41, 5.74) is 4.77. The lowest BCUT2D eigenvalue weighted by Crippen LogP contribution is -2.54. The normalized spacial score (nSPS) is 36.8. The van der Waals surface area contributed by atoms with Crippen molar-refractivity contribution >= 4 is 11.6 Å². The largest absolute Gasteiger partial charge is 0.236 e. The van der Waals surface area contributed by atoms with Gasteiger partial charge in [-0.15, -0.1) is 0 Å². The van der Waals surface area contributed by atoms with E-state index in [1.807, 2.05) is 24.3 Å². The zero-order chi connectivity index (χ0) is 26.7. The molecule has 0 N–H and O–H groups in total. The Balaban J connectivity index is 1.20. The number of hydrogen-bond donors (Lipinski definition) is 0. The number of rotatable bonds is 6. The van der Waals surface area contributed by atoms with Crippen molar-refractivity contribution in [3.8, 4) is 11.4 Å². The van der Waals surface area contributed by atoms with Crippen molar-refractivity contribution in [2.75, 3.05) is 0 Å². The molecule has 1 aromatic carbocycles. The molecule has 0 saturated heterocycles.